The molecule has 216 valence electrons. The van der Waals surface area contributed by atoms with Crippen molar-refractivity contribution in [1.29, 1.82) is 0 Å². The van der Waals surface area contributed by atoms with Gasteiger partial charge in [-0.2, -0.15) is 0 Å². The Morgan fingerprint density at radius 2 is 1.09 bits per heavy atom. The highest BCUT2D eigenvalue weighted by Crippen LogP contribution is 2.39. The van der Waals surface area contributed by atoms with Crippen molar-refractivity contribution in [3.63, 3.8) is 0 Å². The van der Waals surface area contributed by atoms with Crippen molar-refractivity contribution in [2.75, 3.05) is 0 Å². The molecule has 6 aromatic carbocycles. The van der Waals surface area contributed by atoms with Crippen LogP contribution in [0.5, 0.6) is 0 Å². The average molecular weight is 606 g/mol. The lowest BCUT2D eigenvalue weighted by Crippen LogP contribution is -1.98. The zero-order valence-corrected chi connectivity index (χ0v) is 25.7. The minimum Gasteiger partial charge on any atom is -0.309 e. The molecule has 0 fully saturated rings. The van der Waals surface area contributed by atoms with Gasteiger partial charge in [0.05, 0.1) is 22.4 Å². The Morgan fingerprint density at radius 1 is 0.457 bits per heavy atom. The first kappa shape index (κ1) is 26.6. The summed E-state index contributed by atoms with van der Waals surface area (Å²) in [5.41, 5.74) is 10.7. The molecule has 3 nitrogen and oxygen atoms in total. The number of thiophene rings is 1. The minimum atomic E-state index is 0.701. The van der Waals surface area contributed by atoms with Crippen molar-refractivity contribution in [3.8, 4) is 50.7 Å². The number of aromatic nitrogens is 3. The molecule has 0 aliphatic rings. The number of nitrogens with zero attached hydrogens (tertiary/aromatic N) is 3. The number of hydrogen-bond acceptors (Lipinski definition) is 3. The molecule has 0 aliphatic carbocycles. The van der Waals surface area contributed by atoms with E-state index in [1.165, 1.54) is 43.0 Å². The summed E-state index contributed by atoms with van der Waals surface area (Å²) in [6.45, 7) is 0. The van der Waals surface area contributed by atoms with Crippen LogP contribution in [0.2, 0.25) is 0 Å². The first-order valence-corrected chi connectivity index (χ1v) is 16.3. The van der Waals surface area contributed by atoms with Gasteiger partial charge in [0.25, 0.3) is 0 Å². The molecule has 0 amide bonds. The van der Waals surface area contributed by atoms with Crippen LogP contribution in [-0.4, -0.2) is 14.5 Å². The molecular weight excluding hydrogens is 579 g/mol. The van der Waals surface area contributed by atoms with Gasteiger partial charge in [0.1, 0.15) is 0 Å². The quantitative estimate of drug-likeness (QED) is 0.195. The van der Waals surface area contributed by atoms with Crippen molar-refractivity contribution < 1.29 is 0 Å². The summed E-state index contributed by atoms with van der Waals surface area (Å²) in [5.74, 6) is 0.701. The summed E-state index contributed by atoms with van der Waals surface area (Å²) in [7, 11) is 0. The first-order valence-electron chi connectivity index (χ1n) is 15.4. The molecule has 3 aromatic heterocycles. The lowest BCUT2D eigenvalue weighted by molar-refractivity contribution is 1.16. The Morgan fingerprint density at radius 3 is 1.87 bits per heavy atom. The predicted octanol–water partition coefficient (Wildman–Crippen LogP) is 11.5. The third kappa shape index (κ3) is 4.50. The Hall–Kier alpha value is -5.84. The van der Waals surface area contributed by atoms with Gasteiger partial charge in [-0.05, 0) is 58.3 Å². The second-order valence-electron chi connectivity index (χ2n) is 11.5. The molecule has 0 saturated carbocycles. The van der Waals surface area contributed by atoms with Crippen LogP contribution >= 0.6 is 11.3 Å². The molecule has 9 aromatic rings. The monoisotopic (exact) mass is 605 g/mol. The molecule has 0 saturated heterocycles. The number of benzene rings is 6. The van der Waals surface area contributed by atoms with Crippen LogP contribution in [0.25, 0.3) is 82.6 Å². The van der Waals surface area contributed by atoms with Crippen LogP contribution in [0.15, 0.2) is 163 Å². The molecule has 0 spiro atoms. The molecule has 9 rings (SSSR count). The maximum absolute atomic E-state index is 5.16. The largest absolute Gasteiger partial charge is 0.309 e. The first-order chi connectivity index (χ1) is 22.8. The van der Waals surface area contributed by atoms with E-state index in [2.05, 4.69) is 156 Å². The van der Waals surface area contributed by atoms with E-state index in [0.717, 1.165) is 33.8 Å². The molecule has 0 radical (unpaired) electrons. The Balaban J connectivity index is 1.21. The molecule has 0 unspecified atom stereocenters. The van der Waals surface area contributed by atoms with Gasteiger partial charge in [-0.3, -0.25) is 0 Å². The van der Waals surface area contributed by atoms with Gasteiger partial charge in [-0.15, -0.1) is 11.3 Å². The molecule has 0 bridgehead atoms. The smallest absolute Gasteiger partial charge is 0.160 e. The van der Waals surface area contributed by atoms with Crippen LogP contribution in [0.4, 0.5) is 0 Å². The van der Waals surface area contributed by atoms with Crippen LogP contribution < -0.4 is 0 Å². The zero-order valence-electron chi connectivity index (χ0n) is 24.8. The summed E-state index contributed by atoms with van der Waals surface area (Å²) < 4.78 is 3.70. The van der Waals surface area contributed by atoms with Crippen molar-refractivity contribution >= 4 is 43.2 Å². The molecule has 0 aliphatic heterocycles. The Bertz CT molecular complexity index is 2510. The zero-order chi connectivity index (χ0) is 30.5. The van der Waals surface area contributed by atoms with Gasteiger partial charge in [0.15, 0.2) is 5.82 Å². The fraction of sp³-hybridized carbons (Fsp3) is 0. The summed E-state index contributed by atoms with van der Waals surface area (Å²) in [6.07, 6.45) is 0. The number of rotatable bonds is 5. The summed E-state index contributed by atoms with van der Waals surface area (Å²) in [4.78, 5) is 10.3. The molecule has 46 heavy (non-hydrogen) atoms. The minimum absolute atomic E-state index is 0.701. The van der Waals surface area contributed by atoms with Gasteiger partial charge in [0, 0.05) is 37.9 Å². The van der Waals surface area contributed by atoms with E-state index in [-0.39, 0.29) is 0 Å². The Kier molecular flexibility index (Phi) is 6.32. The molecule has 4 heteroatoms. The fourth-order valence-corrected chi connectivity index (χ4v) is 7.44. The maximum atomic E-state index is 5.16. The van der Waals surface area contributed by atoms with E-state index in [1.54, 1.807) is 11.3 Å². The highest BCUT2D eigenvalue weighted by molar-refractivity contribution is 7.18. The number of para-hydroxylation sites is 1. The van der Waals surface area contributed by atoms with Gasteiger partial charge >= 0.3 is 0 Å². The molecule has 0 N–H and O–H groups in total. The summed E-state index contributed by atoms with van der Waals surface area (Å²) in [5, 5.41) is 6.03. The highest BCUT2D eigenvalue weighted by atomic mass is 32.1. The van der Waals surface area contributed by atoms with E-state index >= 15 is 0 Å². The van der Waals surface area contributed by atoms with Crippen LogP contribution in [0, 0.1) is 0 Å². The maximum Gasteiger partial charge on any atom is 0.160 e. The van der Waals surface area contributed by atoms with Crippen LogP contribution in [0.3, 0.4) is 0 Å². The van der Waals surface area contributed by atoms with E-state index in [0.29, 0.717) is 5.82 Å². The summed E-state index contributed by atoms with van der Waals surface area (Å²) >= 11 is 1.81. The molecular formula is C42H27N3S. The lowest BCUT2D eigenvalue weighted by Gasteiger charge is -2.12. The fourth-order valence-electron chi connectivity index (χ4n) is 6.49. The number of fused-ring (bicyclic) bond motifs is 5. The van der Waals surface area contributed by atoms with Gasteiger partial charge in [-0.1, -0.05) is 121 Å². The number of hydrogen-bond donors (Lipinski definition) is 0. The topological polar surface area (TPSA) is 30.7 Å². The van der Waals surface area contributed by atoms with Gasteiger partial charge in [0.2, 0.25) is 0 Å². The van der Waals surface area contributed by atoms with Crippen molar-refractivity contribution in [2.45, 2.75) is 0 Å². The second-order valence-corrected chi connectivity index (χ2v) is 12.4. The van der Waals surface area contributed by atoms with Gasteiger partial charge < -0.3 is 4.57 Å². The van der Waals surface area contributed by atoms with E-state index in [4.69, 9.17) is 9.97 Å². The highest BCUT2D eigenvalue weighted by Gasteiger charge is 2.17. The average Bonchev–Trinajstić information content (AvgIpc) is 3.75. The van der Waals surface area contributed by atoms with Crippen molar-refractivity contribution in [1.82, 2.24) is 14.5 Å². The van der Waals surface area contributed by atoms with Crippen LogP contribution in [0.1, 0.15) is 0 Å². The standard InChI is InChI=1S/C42H27N3S/c1-3-10-28(11-4-1)29-18-20-31(21-19-29)37-27-36(30-12-5-2-6-13-30)43-42(44-37)33-14-9-15-34(26-33)45-38-17-8-7-16-35(38)40-39(45)23-22-32-24-25-46-41(32)40/h1-27H. The van der Waals surface area contributed by atoms with E-state index < -0.39 is 0 Å². The van der Waals surface area contributed by atoms with Crippen molar-refractivity contribution in [2.24, 2.45) is 0 Å². The third-order valence-electron chi connectivity index (χ3n) is 8.70. The summed E-state index contributed by atoms with van der Waals surface area (Å²) in [6, 6.07) is 55.6. The van der Waals surface area contributed by atoms with E-state index in [1.807, 2.05) is 12.1 Å². The lowest BCUT2D eigenvalue weighted by atomic mass is 10.0. The second kappa shape index (κ2) is 11.0. The SMILES string of the molecule is c1ccc(-c2ccc(-c3cc(-c4ccccc4)nc(-c4cccc(-n5c6ccccc6c6c7sccc7ccc65)c4)n3)cc2)cc1. The molecule has 0 atom stereocenters. The van der Waals surface area contributed by atoms with Crippen LogP contribution in [-0.2, 0) is 0 Å². The Labute approximate surface area is 270 Å². The third-order valence-corrected chi connectivity index (χ3v) is 9.65. The molecule has 3 heterocycles. The van der Waals surface area contributed by atoms with Gasteiger partial charge in [-0.25, -0.2) is 9.97 Å². The normalized spacial score (nSPS) is 11.5. The predicted molar refractivity (Wildman–Crippen MR) is 193 cm³/mol. The van der Waals surface area contributed by atoms with Crippen molar-refractivity contribution in [3.05, 3.63) is 163 Å². The van der Waals surface area contributed by atoms with E-state index in [9.17, 15) is 0 Å².